The van der Waals surface area contributed by atoms with Crippen molar-refractivity contribution < 1.29 is 14.1 Å². The summed E-state index contributed by atoms with van der Waals surface area (Å²) in [5, 5.41) is 14.7. The van der Waals surface area contributed by atoms with Crippen LogP contribution >= 0.6 is 0 Å². The number of nitrogens with one attached hydrogen (secondary N) is 1. The van der Waals surface area contributed by atoms with E-state index in [0.29, 0.717) is 22.6 Å². The van der Waals surface area contributed by atoms with E-state index in [1.54, 1.807) is 36.4 Å². The monoisotopic (exact) mass is 428 g/mol. The topological polar surface area (TPSA) is 103 Å². The molecular formula is C24H20N4O4. The third-order valence-electron chi connectivity index (χ3n) is 5.01. The number of hydrazone groups is 1. The summed E-state index contributed by atoms with van der Waals surface area (Å²) in [7, 11) is 0. The second-order valence-electron chi connectivity index (χ2n) is 7.20. The van der Waals surface area contributed by atoms with Crippen molar-refractivity contribution in [3.63, 3.8) is 0 Å². The Bertz CT molecular complexity index is 1280. The standard InChI is InChI=1S/C24H20N4O4/c1-16-3-4-17(2)27(16)20-9-7-19(8-10-20)24(29)26-25-15-22-13-14-23(32-22)18-5-11-21(12-6-18)28(30)31/h3-15H,1-2H3,(H,26,29)/b25-15+. The number of carbonyl (C=O) groups excluding carboxylic acids is 1. The fourth-order valence-electron chi connectivity index (χ4n) is 3.38. The number of benzene rings is 2. The number of hydrogen-bond acceptors (Lipinski definition) is 5. The maximum Gasteiger partial charge on any atom is 0.271 e. The maximum absolute atomic E-state index is 12.4. The first kappa shape index (κ1) is 20.8. The second kappa shape index (κ2) is 8.73. The van der Waals surface area contributed by atoms with Gasteiger partial charge in [0, 0.05) is 40.3 Å². The van der Waals surface area contributed by atoms with Gasteiger partial charge in [-0.2, -0.15) is 5.10 Å². The molecule has 0 fully saturated rings. The zero-order valence-corrected chi connectivity index (χ0v) is 17.5. The molecule has 2 heterocycles. The van der Waals surface area contributed by atoms with Crippen molar-refractivity contribution >= 4 is 17.8 Å². The molecular weight excluding hydrogens is 408 g/mol. The van der Waals surface area contributed by atoms with Crippen LogP contribution in [0.5, 0.6) is 0 Å². The summed E-state index contributed by atoms with van der Waals surface area (Å²) in [4.78, 5) is 22.7. The van der Waals surface area contributed by atoms with Gasteiger partial charge in [-0.25, -0.2) is 5.43 Å². The summed E-state index contributed by atoms with van der Waals surface area (Å²) in [6.45, 7) is 4.06. The lowest BCUT2D eigenvalue weighted by atomic mass is 10.1. The molecule has 0 unspecified atom stereocenters. The van der Waals surface area contributed by atoms with Crippen LogP contribution in [-0.2, 0) is 0 Å². The van der Waals surface area contributed by atoms with Crippen molar-refractivity contribution in [1.82, 2.24) is 9.99 Å². The molecule has 8 nitrogen and oxygen atoms in total. The number of amides is 1. The molecule has 1 N–H and O–H groups in total. The molecule has 32 heavy (non-hydrogen) atoms. The first-order chi connectivity index (χ1) is 15.4. The zero-order chi connectivity index (χ0) is 22.7. The highest BCUT2D eigenvalue weighted by atomic mass is 16.6. The van der Waals surface area contributed by atoms with E-state index in [-0.39, 0.29) is 11.6 Å². The van der Waals surface area contributed by atoms with Gasteiger partial charge in [0.25, 0.3) is 11.6 Å². The number of aromatic nitrogens is 1. The average Bonchev–Trinajstić information content (AvgIpc) is 3.40. The van der Waals surface area contributed by atoms with Crippen LogP contribution in [0.4, 0.5) is 5.69 Å². The summed E-state index contributed by atoms with van der Waals surface area (Å²) in [5.74, 6) is 0.641. The summed E-state index contributed by atoms with van der Waals surface area (Å²) < 4.78 is 7.77. The molecule has 0 aliphatic heterocycles. The smallest absolute Gasteiger partial charge is 0.271 e. The summed E-state index contributed by atoms with van der Waals surface area (Å²) in [5.41, 5.74) is 6.91. The highest BCUT2D eigenvalue weighted by Crippen LogP contribution is 2.24. The van der Waals surface area contributed by atoms with E-state index < -0.39 is 4.92 Å². The number of nitro benzene ring substituents is 1. The van der Waals surface area contributed by atoms with E-state index in [0.717, 1.165) is 17.1 Å². The van der Waals surface area contributed by atoms with Gasteiger partial charge >= 0.3 is 0 Å². The lowest BCUT2D eigenvalue weighted by Crippen LogP contribution is -2.17. The van der Waals surface area contributed by atoms with Crippen molar-refractivity contribution in [3.8, 4) is 17.0 Å². The van der Waals surface area contributed by atoms with Crippen LogP contribution < -0.4 is 5.43 Å². The number of rotatable bonds is 6. The molecule has 0 aliphatic rings. The normalized spacial score (nSPS) is 11.1. The molecule has 8 heteroatoms. The van der Waals surface area contributed by atoms with Gasteiger partial charge in [-0.1, -0.05) is 0 Å². The largest absolute Gasteiger partial charge is 0.455 e. The van der Waals surface area contributed by atoms with Crippen LogP contribution in [0, 0.1) is 24.0 Å². The molecule has 0 aliphatic carbocycles. The molecule has 0 bridgehead atoms. The Balaban J connectivity index is 1.39. The van der Waals surface area contributed by atoms with Crippen LogP contribution in [0.2, 0.25) is 0 Å². The number of nitro groups is 1. The summed E-state index contributed by atoms with van der Waals surface area (Å²) in [6, 6.07) is 20.8. The van der Waals surface area contributed by atoms with Gasteiger partial charge in [0.1, 0.15) is 11.5 Å². The molecule has 4 aromatic rings. The zero-order valence-electron chi connectivity index (χ0n) is 17.5. The Hall–Kier alpha value is -4.46. The van der Waals surface area contributed by atoms with E-state index in [2.05, 4.69) is 15.1 Å². The Kier molecular flexibility index (Phi) is 5.67. The number of carbonyl (C=O) groups is 1. The minimum atomic E-state index is -0.456. The van der Waals surface area contributed by atoms with Gasteiger partial charge in [-0.3, -0.25) is 14.9 Å². The van der Waals surface area contributed by atoms with Gasteiger partial charge in [-0.15, -0.1) is 0 Å². The maximum atomic E-state index is 12.4. The van der Waals surface area contributed by atoms with E-state index in [1.807, 2.05) is 38.1 Å². The van der Waals surface area contributed by atoms with Crippen LogP contribution in [0.1, 0.15) is 27.5 Å². The van der Waals surface area contributed by atoms with Gasteiger partial charge in [0.05, 0.1) is 11.1 Å². The summed E-state index contributed by atoms with van der Waals surface area (Å²) in [6.07, 6.45) is 1.40. The lowest BCUT2D eigenvalue weighted by molar-refractivity contribution is -0.384. The quantitative estimate of drug-likeness (QED) is 0.264. The van der Waals surface area contributed by atoms with E-state index in [4.69, 9.17) is 4.42 Å². The van der Waals surface area contributed by atoms with Gasteiger partial charge in [0.15, 0.2) is 0 Å². The van der Waals surface area contributed by atoms with Crippen molar-refractivity contribution in [2.75, 3.05) is 0 Å². The molecule has 1 amide bonds. The molecule has 0 spiro atoms. The Morgan fingerprint density at radius 2 is 1.62 bits per heavy atom. The third-order valence-corrected chi connectivity index (χ3v) is 5.01. The SMILES string of the molecule is Cc1ccc(C)n1-c1ccc(C(=O)N/N=C/c2ccc(-c3ccc([N+](=O)[O-])cc3)o2)cc1. The Morgan fingerprint density at radius 3 is 2.25 bits per heavy atom. The number of non-ortho nitro benzene ring substituents is 1. The fraction of sp³-hybridized carbons (Fsp3) is 0.0833. The summed E-state index contributed by atoms with van der Waals surface area (Å²) >= 11 is 0. The predicted molar refractivity (Wildman–Crippen MR) is 121 cm³/mol. The van der Waals surface area contributed by atoms with Crippen LogP contribution in [0.3, 0.4) is 0 Å². The highest BCUT2D eigenvalue weighted by molar-refractivity contribution is 5.94. The number of furan rings is 1. The second-order valence-corrected chi connectivity index (χ2v) is 7.20. The van der Waals surface area contributed by atoms with Crippen LogP contribution in [-0.4, -0.2) is 21.6 Å². The molecule has 2 aromatic carbocycles. The van der Waals surface area contributed by atoms with Gasteiger partial charge < -0.3 is 8.98 Å². The number of nitrogens with zero attached hydrogens (tertiary/aromatic N) is 3. The molecule has 4 rings (SSSR count). The van der Waals surface area contributed by atoms with E-state index in [1.165, 1.54) is 18.3 Å². The first-order valence-corrected chi connectivity index (χ1v) is 9.86. The third kappa shape index (κ3) is 4.34. The fourth-order valence-corrected chi connectivity index (χ4v) is 3.38. The average molecular weight is 428 g/mol. The Labute approximate surface area is 184 Å². The molecule has 0 saturated heterocycles. The molecule has 0 atom stereocenters. The highest BCUT2D eigenvalue weighted by Gasteiger charge is 2.09. The van der Waals surface area contributed by atoms with Gasteiger partial charge in [0.2, 0.25) is 0 Å². The van der Waals surface area contributed by atoms with Crippen LogP contribution in [0.25, 0.3) is 17.0 Å². The molecule has 2 aromatic heterocycles. The minimum absolute atomic E-state index is 0.0106. The number of aryl methyl sites for hydroxylation is 2. The van der Waals surface area contributed by atoms with Crippen molar-refractivity contribution in [2.45, 2.75) is 13.8 Å². The van der Waals surface area contributed by atoms with E-state index in [9.17, 15) is 14.9 Å². The van der Waals surface area contributed by atoms with E-state index >= 15 is 0 Å². The molecule has 160 valence electrons. The van der Waals surface area contributed by atoms with Crippen LogP contribution in [0.15, 0.2) is 82.3 Å². The minimum Gasteiger partial charge on any atom is -0.455 e. The molecule has 0 radical (unpaired) electrons. The van der Waals surface area contributed by atoms with Gasteiger partial charge in [-0.05, 0) is 74.5 Å². The number of hydrogen-bond donors (Lipinski definition) is 1. The molecule has 0 saturated carbocycles. The Morgan fingerprint density at radius 1 is 0.969 bits per heavy atom. The first-order valence-electron chi connectivity index (χ1n) is 9.86. The van der Waals surface area contributed by atoms with Crippen molar-refractivity contribution in [1.29, 1.82) is 0 Å². The predicted octanol–water partition coefficient (Wildman–Crippen LogP) is 5.03. The van der Waals surface area contributed by atoms with Crippen molar-refractivity contribution in [2.24, 2.45) is 5.10 Å². The lowest BCUT2D eigenvalue weighted by Gasteiger charge is -2.09. The van der Waals surface area contributed by atoms with Crippen molar-refractivity contribution in [3.05, 3.63) is 106 Å².